The molecule has 6 heteroatoms. The summed E-state index contributed by atoms with van der Waals surface area (Å²) in [6.07, 6.45) is 3.95. The third-order valence-electron chi connectivity index (χ3n) is 3.95. The molecule has 1 aliphatic heterocycles. The van der Waals surface area contributed by atoms with E-state index in [4.69, 9.17) is 5.11 Å². The molecule has 1 unspecified atom stereocenters. The summed E-state index contributed by atoms with van der Waals surface area (Å²) in [7, 11) is 0. The molecule has 0 aromatic rings. The fourth-order valence-corrected chi connectivity index (χ4v) is 2.97. The topological polar surface area (TPSA) is 93.4 Å². The minimum atomic E-state index is -1.36. The largest absolute Gasteiger partial charge is 0.464 e. The first-order valence-corrected chi connectivity index (χ1v) is 6.50. The Kier molecular flexibility index (Phi) is 3.74. The van der Waals surface area contributed by atoms with Gasteiger partial charge in [-0.15, -0.1) is 0 Å². The predicted molar refractivity (Wildman–Crippen MR) is 67.1 cm³/mol. The number of carboxylic acid groups (broad SMARTS) is 1. The van der Waals surface area contributed by atoms with Crippen LogP contribution in [0, 0.1) is 17.2 Å². The molecule has 3 amide bonds. The lowest BCUT2D eigenvalue weighted by Crippen LogP contribution is -2.54. The van der Waals surface area contributed by atoms with Gasteiger partial charge in [0.15, 0.2) is 0 Å². The molecule has 2 aliphatic rings. The van der Waals surface area contributed by atoms with E-state index < -0.39 is 12.1 Å². The van der Waals surface area contributed by atoms with Crippen LogP contribution in [0.15, 0.2) is 11.3 Å². The average molecular weight is 263 g/mol. The van der Waals surface area contributed by atoms with Gasteiger partial charge in [-0.3, -0.25) is 0 Å². The zero-order valence-corrected chi connectivity index (χ0v) is 10.8. The van der Waals surface area contributed by atoms with Gasteiger partial charge >= 0.3 is 12.1 Å². The first kappa shape index (κ1) is 13.4. The predicted octanol–water partition coefficient (Wildman–Crippen LogP) is 2.44. The highest BCUT2D eigenvalue weighted by molar-refractivity contribution is 5.94. The molecule has 2 N–H and O–H groups in total. The Morgan fingerprint density at radius 3 is 2.58 bits per heavy atom. The number of nitriles is 1. The van der Waals surface area contributed by atoms with Crippen LogP contribution in [0.3, 0.4) is 0 Å². The molecule has 0 aromatic heterocycles. The Morgan fingerprint density at radius 1 is 1.42 bits per heavy atom. The van der Waals surface area contributed by atoms with Gasteiger partial charge in [-0.05, 0) is 25.7 Å². The number of amides is 3. The molecule has 0 aromatic carbocycles. The van der Waals surface area contributed by atoms with Crippen LogP contribution < -0.4 is 5.32 Å². The number of imide groups is 1. The number of rotatable bonds is 1. The van der Waals surface area contributed by atoms with Gasteiger partial charge in [-0.2, -0.15) is 5.26 Å². The Morgan fingerprint density at radius 2 is 2.05 bits per heavy atom. The van der Waals surface area contributed by atoms with Gasteiger partial charge in [-0.1, -0.05) is 19.3 Å². The second kappa shape index (κ2) is 5.31. The van der Waals surface area contributed by atoms with E-state index >= 15 is 0 Å². The normalized spacial score (nSPS) is 24.9. The number of hydrogen-bond donors (Lipinski definition) is 2. The van der Waals surface area contributed by atoms with Gasteiger partial charge in [0.2, 0.25) is 0 Å². The fourth-order valence-electron chi connectivity index (χ4n) is 2.97. The lowest BCUT2D eigenvalue weighted by molar-refractivity contribution is 0.151. The maximum absolute atomic E-state index is 11.9. The van der Waals surface area contributed by atoms with E-state index in [2.05, 4.69) is 11.4 Å². The van der Waals surface area contributed by atoms with Crippen LogP contribution in [-0.2, 0) is 0 Å². The van der Waals surface area contributed by atoms with E-state index in [1.54, 1.807) is 0 Å². The lowest BCUT2D eigenvalue weighted by Gasteiger charge is -2.36. The van der Waals surface area contributed by atoms with E-state index in [1.165, 1.54) is 13.3 Å². The van der Waals surface area contributed by atoms with Crippen molar-refractivity contribution in [3.05, 3.63) is 11.3 Å². The molecule has 6 nitrogen and oxygen atoms in total. The van der Waals surface area contributed by atoms with Gasteiger partial charge in [0.25, 0.3) is 0 Å². The molecule has 0 spiro atoms. The monoisotopic (exact) mass is 263 g/mol. The highest BCUT2D eigenvalue weighted by Gasteiger charge is 2.38. The van der Waals surface area contributed by atoms with Crippen LogP contribution in [0.25, 0.3) is 0 Å². The van der Waals surface area contributed by atoms with Crippen molar-refractivity contribution in [2.24, 2.45) is 5.92 Å². The van der Waals surface area contributed by atoms with E-state index in [-0.39, 0.29) is 17.7 Å². The Balaban J connectivity index is 2.33. The molecule has 1 atom stereocenters. The maximum Gasteiger partial charge on any atom is 0.419 e. The molecule has 0 saturated heterocycles. The maximum atomic E-state index is 11.9. The molecule has 0 bridgehead atoms. The van der Waals surface area contributed by atoms with Crippen molar-refractivity contribution in [1.29, 1.82) is 5.26 Å². The van der Waals surface area contributed by atoms with Gasteiger partial charge in [0, 0.05) is 5.70 Å². The molecular formula is C13H17N3O3. The van der Waals surface area contributed by atoms with E-state index in [0.29, 0.717) is 10.5 Å². The van der Waals surface area contributed by atoms with Gasteiger partial charge < -0.3 is 10.4 Å². The number of nitrogens with zero attached hydrogens (tertiary/aromatic N) is 2. The first-order chi connectivity index (χ1) is 9.06. The Bertz CT molecular complexity index is 472. The molecule has 1 fully saturated rings. The standard InChI is InChI=1S/C13H17N3O3/c1-8-10(7-14)11(9-5-3-2-4-6-9)15-12(17)16(8)13(18)19/h9,11H,2-6H2,1H3,(H,15,17)(H,18,19). The van der Waals surface area contributed by atoms with Gasteiger partial charge in [0.05, 0.1) is 17.7 Å². The number of carbonyl (C=O) groups excluding carboxylic acids is 1. The van der Waals surface area contributed by atoms with Crippen LogP contribution >= 0.6 is 0 Å². The Hall–Kier alpha value is -2.03. The van der Waals surface area contributed by atoms with E-state index in [0.717, 1.165) is 25.7 Å². The van der Waals surface area contributed by atoms with Crippen molar-refractivity contribution in [3.63, 3.8) is 0 Å². The van der Waals surface area contributed by atoms with E-state index in [9.17, 15) is 14.9 Å². The highest BCUT2D eigenvalue weighted by atomic mass is 16.4. The molecule has 2 rings (SSSR count). The zero-order valence-electron chi connectivity index (χ0n) is 10.8. The first-order valence-electron chi connectivity index (χ1n) is 6.50. The van der Waals surface area contributed by atoms with Crippen molar-refractivity contribution in [2.45, 2.75) is 45.1 Å². The summed E-state index contributed by atoms with van der Waals surface area (Å²) in [5, 5.41) is 21.0. The smallest absolute Gasteiger partial charge is 0.419 e. The van der Waals surface area contributed by atoms with Crippen molar-refractivity contribution < 1.29 is 14.7 Å². The summed E-state index contributed by atoms with van der Waals surface area (Å²) in [4.78, 5) is 23.5. The second-order valence-electron chi connectivity index (χ2n) is 5.05. The van der Waals surface area contributed by atoms with Crippen LogP contribution in [0.1, 0.15) is 39.0 Å². The van der Waals surface area contributed by atoms with Crippen molar-refractivity contribution >= 4 is 12.1 Å². The SMILES string of the molecule is CC1=C(C#N)C(C2CCCCC2)NC(=O)N1C(=O)O. The summed E-state index contributed by atoms with van der Waals surface area (Å²) < 4.78 is 0. The minimum Gasteiger partial charge on any atom is -0.464 e. The fraction of sp³-hybridized carbons (Fsp3) is 0.615. The zero-order chi connectivity index (χ0) is 14.0. The Labute approximate surface area is 111 Å². The summed E-state index contributed by atoms with van der Waals surface area (Å²) in [5.74, 6) is 0.234. The molecule has 19 heavy (non-hydrogen) atoms. The van der Waals surface area contributed by atoms with Gasteiger partial charge in [0.1, 0.15) is 0 Å². The minimum absolute atomic E-state index is 0.231. The van der Waals surface area contributed by atoms with Crippen LogP contribution in [0.4, 0.5) is 9.59 Å². The highest BCUT2D eigenvalue weighted by Crippen LogP contribution is 2.32. The van der Waals surface area contributed by atoms with E-state index in [1.807, 2.05) is 0 Å². The van der Waals surface area contributed by atoms with Gasteiger partial charge in [-0.25, -0.2) is 14.5 Å². The van der Waals surface area contributed by atoms with Crippen LogP contribution in [0.5, 0.6) is 0 Å². The third kappa shape index (κ3) is 2.41. The number of nitrogens with one attached hydrogen (secondary N) is 1. The second-order valence-corrected chi connectivity index (χ2v) is 5.05. The molecule has 1 aliphatic carbocycles. The van der Waals surface area contributed by atoms with Crippen LogP contribution in [-0.4, -0.2) is 28.2 Å². The molecule has 1 saturated carbocycles. The quantitative estimate of drug-likeness (QED) is 0.759. The number of hydrogen-bond acceptors (Lipinski definition) is 3. The molecule has 102 valence electrons. The molecular weight excluding hydrogens is 246 g/mol. The average Bonchev–Trinajstić information content (AvgIpc) is 2.38. The van der Waals surface area contributed by atoms with Crippen molar-refractivity contribution in [2.75, 3.05) is 0 Å². The number of allylic oxidation sites excluding steroid dienone is 1. The number of carbonyl (C=O) groups is 2. The lowest BCUT2D eigenvalue weighted by atomic mass is 9.80. The van der Waals surface area contributed by atoms with Crippen LogP contribution in [0.2, 0.25) is 0 Å². The number of urea groups is 1. The summed E-state index contributed by atoms with van der Waals surface area (Å²) in [6, 6.07) is 1.07. The summed E-state index contributed by atoms with van der Waals surface area (Å²) in [6.45, 7) is 1.52. The summed E-state index contributed by atoms with van der Waals surface area (Å²) >= 11 is 0. The summed E-state index contributed by atoms with van der Waals surface area (Å²) in [5.41, 5.74) is 0.600. The van der Waals surface area contributed by atoms with Crippen molar-refractivity contribution in [1.82, 2.24) is 10.2 Å². The molecule has 1 heterocycles. The third-order valence-corrected chi connectivity index (χ3v) is 3.95. The molecule has 0 radical (unpaired) electrons. The van der Waals surface area contributed by atoms with Crippen molar-refractivity contribution in [3.8, 4) is 6.07 Å².